The van der Waals surface area contributed by atoms with Gasteiger partial charge in [0.1, 0.15) is 6.07 Å². The van der Waals surface area contributed by atoms with E-state index >= 15 is 0 Å². The summed E-state index contributed by atoms with van der Waals surface area (Å²) in [5.74, 6) is 0. The Balaban J connectivity index is 3.00. The van der Waals surface area contributed by atoms with Crippen LogP contribution >= 0.6 is 11.3 Å². The molecule has 0 radical (unpaired) electrons. The van der Waals surface area contributed by atoms with Gasteiger partial charge in [-0.15, -0.1) is 0 Å². The molecule has 1 aromatic heterocycles. The molecule has 0 aliphatic carbocycles. The number of aliphatic hydroxyl groups excluding tert-OH is 1. The normalized spacial score (nSPS) is 9.93. The maximum atomic E-state index is 10.5. The van der Waals surface area contributed by atoms with Gasteiger partial charge in [0.2, 0.25) is 0 Å². The van der Waals surface area contributed by atoms with Gasteiger partial charge in [0.15, 0.2) is 5.00 Å². The van der Waals surface area contributed by atoms with Gasteiger partial charge in [0.25, 0.3) is 0 Å². The highest BCUT2D eigenvalue weighted by Crippen LogP contribution is 2.38. The molecule has 0 spiro atoms. The van der Waals surface area contributed by atoms with Gasteiger partial charge in [-0.3, -0.25) is 20.2 Å². The maximum Gasteiger partial charge on any atom is 0.333 e. The standard InChI is InChI=1S/C6H7N3O5S/c10-2-1-7-6-4(8(11)12)3-5(15-6)9(13)14/h3,7,10H,1-2H2. The van der Waals surface area contributed by atoms with Gasteiger partial charge in [-0.1, -0.05) is 0 Å². The molecule has 0 aliphatic heterocycles. The topological polar surface area (TPSA) is 119 Å². The molecule has 0 fully saturated rings. The predicted molar refractivity (Wildman–Crippen MR) is 53.2 cm³/mol. The Kier molecular flexibility index (Phi) is 3.52. The number of anilines is 1. The molecular formula is C6H7N3O5S. The number of hydrogen-bond donors (Lipinski definition) is 2. The minimum absolute atomic E-state index is 0.0840. The van der Waals surface area contributed by atoms with Crippen LogP contribution in [0, 0.1) is 20.2 Å². The second-order valence-corrected chi connectivity index (χ2v) is 3.49. The summed E-state index contributed by atoms with van der Waals surface area (Å²) in [6, 6.07) is 0.893. The van der Waals surface area contributed by atoms with Crippen LogP contribution in [-0.2, 0) is 0 Å². The number of nitro groups is 2. The second-order valence-electron chi connectivity index (χ2n) is 2.46. The van der Waals surface area contributed by atoms with Gasteiger partial charge in [0.05, 0.1) is 16.5 Å². The summed E-state index contributed by atoms with van der Waals surface area (Å²) < 4.78 is 0. The van der Waals surface area contributed by atoms with E-state index in [0.29, 0.717) is 11.3 Å². The minimum Gasteiger partial charge on any atom is -0.395 e. The van der Waals surface area contributed by atoms with Gasteiger partial charge in [-0.25, -0.2) is 0 Å². The highest BCUT2D eigenvalue weighted by molar-refractivity contribution is 7.19. The van der Waals surface area contributed by atoms with Crippen molar-refractivity contribution in [3.63, 3.8) is 0 Å². The number of aliphatic hydroxyl groups is 1. The molecule has 0 saturated heterocycles. The fourth-order valence-corrected chi connectivity index (χ4v) is 1.76. The van der Waals surface area contributed by atoms with Crippen molar-refractivity contribution in [1.29, 1.82) is 0 Å². The Labute approximate surface area is 87.5 Å². The average Bonchev–Trinajstić information content (AvgIpc) is 2.58. The molecule has 1 rings (SSSR count). The summed E-state index contributed by atoms with van der Waals surface area (Å²) in [5, 5.41) is 31.7. The molecular weight excluding hydrogens is 226 g/mol. The molecule has 8 nitrogen and oxygen atoms in total. The summed E-state index contributed by atoms with van der Waals surface area (Å²) in [6.07, 6.45) is 0. The lowest BCUT2D eigenvalue weighted by Crippen LogP contribution is -2.05. The van der Waals surface area contributed by atoms with Crippen LogP contribution in [0.25, 0.3) is 0 Å². The number of thiophene rings is 1. The van der Waals surface area contributed by atoms with E-state index in [1.165, 1.54) is 0 Å². The monoisotopic (exact) mass is 233 g/mol. The van der Waals surface area contributed by atoms with Crippen LogP contribution in [0.15, 0.2) is 6.07 Å². The fraction of sp³-hybridized carbons (Fsp3) is 0.333. The third-order valence-corrected chi connectivity index (χ3v) is 2.51. The Morgan fingerprint density at radius 3 is 2.53 bits per heavy atom. The Morgan fingerprint density at radius 1 is 1.40 bits per heavy atom. The average molecular weight is 233 g/mol. The summed E-state index contributed by atoms with van der Waals surface area (Å²) in [5.41, 5.74) is -0.347. The van der Waals surface area contributed by atoms with Crippen molar-refractivity contribution < 1.29 is 15.0 Å². The summed E-state index contributed by atoms with van der Waals surface area (Å²) in [4.78, 5) is 19.5. The molecule has 15 heavy (non-hydrogen) atoms. The third kappa shape index (κ3) is 2.60. The van der Waals surface area contributed by atoms with Gasteiger partial charge in [-0.05, 0) is 11.3 Å². The Morgan fingerprint density at radius 2 is 2.07 bits per heavy atom. The van der Waals surface area contributed by atoms with Crippen molar-refractivity contribution in [2.45, 2.75) is 0 Å². The van der Waals surface area contributed by atoms with E-state index in [-0.39, 0.29) is 28.8 Å². The number of nitrogens with zero attached hydrogens (tertiary/aromatic N) is 2. The molecule has 9 heteroatoms. The van der Waals surface area contributed by atoms with E-state index in [2.05, 4.69) is 5.32 Å². The van der Waals surface area contributed by atoms with E-state index in [1.54, 1.807) is 0 Å². The summed E-state index contributed by atoms with van der Waals surface area (Å²) in [6.45, 7) is -0.0959. The molecule has 0 unspecified atom stereocenters. The fourth-order valence-electron chi connectivity index (χ4n) is 0.890. The summed E-state index contributed by atoms with van der Waals surface area (Å²) in [7, 11) is 0. The van der Waals surface area contributed by atoms with Crippen molar-refractivity contribution in [3.05, 3.63) is 26.3 Å². The zero-order valence-electron chi connectivity index (χ0n) is 7.37. The molecule has 0 saturated carbocycles. The number of rotatable bonds is 5. The van der Waals surface area contributed by atoms with Crippen LogP contribution < -0.4 is 5.32 Å². The molecule has 0 aromatic carbocycles. The molecule has 1 heterocycles. The SMILES string of the molecule is O=[N+]([O-])c1cc([N+](=O)[O-])c(NCCO)s1. The molecule has 0 atom stereocenters. The van der Waals surface area contributed by atoms with Crippen LogP contribution in [0.4, 0.5) is 15.7 Å². The quantitative estimate of drug-likeness (QED) is 0.577. The smallest absolute Gasteiger partial charge is 0.333 e. The number of nitrogens with one attached hydrogen (secondary N) is 1. The van der Waals surface area contributed by atoms with Crippen LogP contribution in [0.2, 0.25) is 0 Å². The highest BCUT2D eigenvalue weighted by Gasteiger charge is 2.24. The van der Waals surface area contributed by atoms with Crippen LogP contribution in [0.3, 0.4) is 0 Å². The number of hydrogen-bond acceptors (Lipinski definition) is 7. The van der Waals surface area contributed by atoms with Gasteiger partial charge >= 0.3 is 10.7 Å². The molecule has 82 valence electrons. The van der Waals surface area contributed by atoms with Crippen LogP contribution in [0.1, 0.15) is 0 Å². The van der Waals surface area contributed by atoms with E-state index in [1.807, 2.05) is 0 Å². The third-order valence-electron chi connectivity index (χ3n) is 1.47. The maximum absolute atomic E-state index is 10.5. The molecule has 0 amide bonds. The lowest BCUT2D eigenvalue weighted by Gasteiger charge is -1.98. The molecule has 0 aliphatic rings. The second kappa shape index (κ2) is 4.66. The first-order valence-corrected chi connectivity index (χ1v) is 4.65. The first-order valence-electron chi connectivity index (χ1n) is 3.83. The highest BCUT2D eigenvalue weighted by atomic mass is 32.1. The summed E-state index contributed by atoms with van der Waals surface area (Å²) >= 11 is 0.673. The lowest BCUT2D eigenvalue weighted by molar-refractivity contribution is -0.389. The lowest BCUT2D eigenvalue weighted by atomic mass is 10.5. The van der Waals surface area contributed by atoms with Gasteiger partial charge in [-0.2, -0.15) is 0 Å². The van der Waals surface area contributed by atoms with Crippen molar-refractivity contribution in [2.75, 3.05) is 18.5 Å². The Bertz CT molecular complexity index is 390. The largest absolute Gasteiger partial charge is 0.395 e. The van der Waals surface area contributed by atoms with E-state index < -0.39 is 9.85 Å². The van der Waals surface area contributed by atoms with Gasteiger partial charge in [0, 0.05) is 6.54 Å². The van der Waals surface area contributed by atoms with Crippen molar-refractivity contribution in [1.82, 2.24) is 0 Å². The van der Waals surface area contributed by atoms with E-state index in [4.69, 9.17) is 5.11 Å². The first kappa shape index (κ1) is 11.3. The van der Waals surface area contributed by atoms with Crippen molar-refractivity contribution in [3.8, 4) is 0 Å². The van der Waals surface area contributed by atoms with E-state index in [0.717, 1.165) is 6.07 Å². The predicted octanol–water partition coefficient (Wildman–Crippen LogP) is 0.969. The van der Waals surface area contributed by atoms with E-state index in [9.17, 15) is 20.2 Å². The zero-order valence-corrected chi connectivity index (χ0v) is 8.19. The van der Waals surface area contributed by atoms with Crippen molar-refractivity contribution >= 4 is 27.0 Å². The minimum atomic E-state index is -0.705. The zero-order chi connectivity index (χ0) is 11.4. The Hall–Kier alpha value is -1.74. The van der Waals surface area contributed by atoms with Crippen molar-refractivity contribution in [2.24, 2.45) is 0 Å². The van der Waals surface area contributed by atoms with Crippen LogP contribution in [0.5, 0.6) is 0 Å². The van der Waals surface area contributed by atoms with Gasteiger partial charge < -0.3 is 10.4 Å². The molecule has 2 N–H and O–H groups in total. The molecule has 0 bridgehead atoms. The molecule has 1 aromatic rings. The first-order chi connectivity index (χ1) is 7.06. The van der Waals surface area contributed by atoms with Crippen LogP contribution in [-0.4, -0.2) is 28.1 Å².